The Bertz CT molecular complexity index is 229. The molecule has 1 N–H and O–H groups in total. The molecule has 0 spiro atoms. The van der Waals surface area contributed by atoms with Gasteiger partial charge in [0.05, 0.1) is 0 Å². The summed E-state index contributed by atoms with van der Waals surface area (Å²) in [5.74, 6) is 0.303. The molecule has 0 amide bonds. The first-order valence-electron chi connectivity index (χ1n) is 2.27. The van der Waals surface area contributed by atoms with Gasteiger partial charge in [-0.05, 0) is 5.21 Å². The van der Waals surface area contributed by atoms with Crippen LogP contribution in [0, 0.1) is 0 Å². The Morgan fingerprint density at radius 1 is 1.78 bits per heavy atom. The Kier molecular flexibility index (Phi) is 1.33. The fourth-order valence-electron chi connectivity index (χ4n) is 0.360. The van der Waals surface area contributed by atoms with Gasteiger partial charge in [-0.15, -0.1) is 10.2 Å². The minimum absolute atomic E-state index is 0.303. The molecule has 1 heterocycles. The lowest BCUT2D eigenvalue weighted by molar-refractivity contribution is -0.00531. The lowest BCUT2D eigenvalue weighted by atomic mass is 10.4. The molecular formula is C3H4N6. The van der Waals surface area contributed by atoms with E-state index in [1.807, 2.05) is 0 Å². The standard InChI is InChI=1S/C3H4N6/c1-2(5-4)3-6-8-9-7-3/h1H3,(H,6,7,8,9). The number of hydrogen-bond donors (Lipinski definition) is 1. The van der Waals surface area contributed by atoms with E-state index in [0.29, 0.717) is 11.5 Å². The molecule has 1 aromatic heterocycles. The van der Waals surface area contributed by atoms with Crippen molar-refractivity contribution in [3.8, 4) is 0 Å². The first-order chi connectivity index (χ1) is 4.34. The SMILES string of the molecule is CC(=[N+]=[N-])c1nn[nH]n1. The highest BCUT2D eigenvalue weighted by Crippen LogP contribution is 1.80. The van der Waals surface area contributed by atoms with Crippen molar-refractivity contribution in [3.63, 3.8) is 0 Å². The number of nitrogens with one attached hydrogen (secondary N) is 1. The Morgan fingerprint density at radius 3 is 3.00 bits per heavy atom. The van der Waals surface area contributed by atoms with E-state index in [9.17, 15) is 0 Å². The van der Waals surface area contributed by atoms with Crippen molar-refractivity contribution in [3.05, 3.63) is 11.4 Å². The summed E-state index contributed by atoms with van der Waals surface area (Å²) in [4.78, 5) is 2.86. The zero-order chi connectivity index (χ0) is 6.69. The molecule has 0 fully saturated rings. The van der Waals surface area contributed by atoms with Crippen LogP contribution in [0.2, 0.25) is 0 Å². The third-order valence-electron chi connectivity index (χ3n) is 0.819. The first-order valence-corrected chi connectivity index (χ1v) is 2.27. The van der Waals surface area contributed by atoms with E-state index in [-0.39, 0.29) is 0 Å². The maximum absolute atomic E-state index is 8.17. The highest BCUT2D eigenvalue weighted by Gasteiger charge is 2.07. The molecular weight excluding hydrogens is 120 g/mol. The van der Waals surface area contributed by atoms with Crippen LogP contribution in [0.4, 0.5) is 0 Å². The molecule has 1 aromatic rings. The fraction of sp³-hybridized carbons (Fsp3) is 0.333. The van der Waals surface area contributed by atoms with E-state index in [1.54, 1.807) is 6.92 Å². The first kappa shape index (κ1) is 5.58. The van der Waals surface area contributed by atoms with Crippen molar-refractivity contribution >= 4 is 5.71 Å². The van der Waals surface area contributed by atoms with Crippen molar-refractivity contribution in [1.82, 2.24) is 20.6 Å². The van der Waals surface area contributed by atoms with Crippen LogP contribution in [-0.2, 0) is 0 Å². The van der Waals surface area contributed by atoms with Gasteiger partial charge in [-0.1, -0.05) is 0 Å². The molecule has 0 aliphatic carbocycles. The molecule has 1 rings (SSSR count). The van der Waals surface area contributed by atoms with Crippen molar-refractivity contribution in [1.29, 1.82) is 0 Å². The van der Waals surface area contributed by atoms with Gasteiger partial charge >= 0.3 is 5.71 Å². The van der Waals surface area contributed by atoms with Gasteiger partial charge in [0.15, 0.2) is 0 Å². The van der Waals surface area contributed by atoms with E-state index in [4.69, 9.17) is 5.53 Å². The Balaban J connectivity index is 3.03. The van der Waals surface area contributed by atoms with E-state index >= 15 is 0 Å². The molecule has 6 nitrogen and oxygen atoms in total. The molecule has 0 saturated heterocycles. The average Bonchev–Trinajstić information content (AvgIpc) is 2.37. The molecule has 0 radical (unpaired) electrons. The molecule has 0 saturated carbocycles. The zero-order valence-electron chi connectivity index (χ0n) is 4.74. The van der Waals surface area contributed by atoms with Crippen molar-refractivity contribution in [2.75, 3.05) is 0 Å². The van der Waals surface area contributed by atoms with Gasteiger partial charge in [0, 0.05) is 6.92 Å². The maximum atomic E-state index is 8.17. The van der Waals surface area contributed by atoms with Gasteiger partial charge in [0.1, 0.15) is 0 Å². The second-order valence-corrected chi connectivity index (χ2v) is 1.42. The number of tetrazole rings is 1. The quantitative estimate of drug-likeness (QED) is 0.303. The normalized spacial score (nSPS) is 8.56. The predicted molar refractivity (Wildman–Crippen MR) is 27.6 cm³/mol. The van der Waals surface area contributed by atoms with E-state index in [0.717, 1.165) is 0 Å². The summed E-state index contributed by atoms with van der Waals surface area (Å²) in [5, 5.41) is 12.6. The number of rotatable bonds is 1. The fourth-order valence-corrected chi connectivity index (χ4v) is 0.360. The number of aromatic nitrogens is 4. The summed E-state index contributed by atoms with van der Waals surface area (Å²) >= 11 is 0. The highest BCUT2D eigenvalue weighted by molar-refractivity contribution is 5.90. The van der Waals surface area contributed by atoms with Crippen molar-refractivity contribution < 1.29 is 4.79 Å². The van der Waals surface area contributed by atoms with Crippen LogP contribution >= 0.6 is 0 Å². The highest BCUT2D eigenvalue weighted by atomic mass is 15.5. The third-order valence-corrected chi connectivity index (χ3v) is 0.819. The van der Waals surface area contributed by atoms with Gasteiger partial charge in [0.25, 0.3) is 5.82 Å². The second-order valence-electron chi connectivity index (χ2n) is 1.42. The molecule has 0 aromatic carbocycles. The molecule has 6 heteroatoms. The minimum atomic E-state index is 0.303. The van der Waals surface area contributed by atoms with Crippen molar-refractivity contribution in [2.24, 2.45) is 0 Å². The van der Waals surface area contributed by atoms with E-state index in [2.05, 4.69) is 25.4 Å². The summed E-state index contributed by atoms with van der Waals surface area (Å²) in [7, 11) is 0. The molecule has 0 unspecified atom stereocenters. The summed E-state index contributed by atoms with van der Waals surface area (Å²) in [6.45, 7) is 1.57. The van der Waals surface area contributed by atoms with Gasteiger partial charge in [-0.3, -0.25) is 0 Å². The van der Waals surface area contributed by atoms with Crippen LogP contribution in [0.5, 0.6) is 0 Å². The second kappa shape index (κ2) is 2.15. The van der Waals surface area contributed by atoms with Gasteiger partial charge < -0.3 is 5.53 Å². The summed E-state index contributed by atoms with van der Waals surface area (Å²) in [6.07, 6.45) is 0. The number of H-pyrrole nitrogens is 1. The number of nitrogens with zero attached hydrogens (tertiary/aromatic N) is 5. The Morgan fingerprint density at radius 2 is 2.56 bits per heavy atom. The summed E-state index contributed by atoms with van der Waals surface area (Å²) < 4.78 is 0. The van der Waals surface area contributed by atoms with Gasteiger partial charge in [0.2, 0.25) is 0 Å². The van der Waals surface area contributed by atoms with E-state index < -0.39 is 0 Å². The summed E-state index contributed by atoms with van der Waals surface area (Å²) in [6, 6.07) is 0. The molecule has 0 aliphatic rings. The van der Waals surface area contributed by atoms with Crippen LogP contribution in [0.3, 0.4) is 0 Å². The molecule has 0 aliphatic heterocycles. The third kappa shape index (κ3) is 0.974. The average molecular weight is 124 g/mol. The Hall–Kier alpha value is -1.55. The smallest absolute Gasteiger partial charge is 0.336 e. The molecule has 0 bridgehead atoms. The molecule has 46 valence electrons. The van der Waals surface area contributed by atoms with E-state index in [1.165, 1.54) is 0 Å². The van der Waals surface area contributed by atoms with Crippen LogP contribution in [0.15, 0.2) is 0 Å². The van der Waals surface area contributed by atoms with Crippen LogP contribution in [-0.4, -0.2) is 31.1 Å². The topological polar surface area (TPSA) is 90.9 Å². The minimum Gasteiger partial charge on any atom is -0.361 e. The molecule has 9 heavy (non-hydrogen) atoms. The predicted octanol–water partition coefficient (Wildman–Crippen LogP) is -0.762. The lowest BCUT2D eigenvalue weighted by Gasteiger charge is -1.70. The lowest BCUT2D eigenvalue weighted by Crippen LogP contribution is -1.97. The summed E-state index contributed by atoms with van der Waals surface area (Å²) in [5.41, 5.74) is 8.51. The Labute approximate surface area is 50.5 Å². The number of hydrogen-bond acceptors (Lipinski definition) is 3. The van der Waals surface area contributed by atoms with Crippen LogP contribution < -0.4 is 0 Å². The van der Waals surface area contributed by atoms with Gasteiger partial charge in [-0.2, -0.15) is 10.0 Å². The van der Waals surface area contributed by atoms with Crippen molar-refractivity contribution in [2.45, 2.75) is 6.92 Å². The van der Waals surface area contributed by atoms with Gasteiger partial charge in [-0.25, -0.2) is 0 Å². The zero-order valence-corrected chi connectivity index (χ0v) is 4.74. The monoisotopic (exact) mass is 124 g/mol. The van der Waals surface area contributed by atoms with Crippen LogP contribution in [0.25, 0.3) is 5.53 Å². The largest absolute Gasteiger partial charge is 0.361 e. The maximum Gasteiger partial charge on any atom is 0.336 e. The molecule has 0 atom stereocenters. The van der Waals surface area contributed by atoms with Crippen LogP contribution in [0.1, 0.15) is 12.7 Å². The number of aromatic amines is 1.